The van der Waals surface area contributed by atoms with Crippen LogP contribution in [0.4, 0.5) is 0 Å². The highest BCUT2D eigenvalue weighted by Gasteiger charge is 2.30. The normalized spacial score (nSPS) is 35.7. The lowest BCUT2D eigenvalue weighted by atomic mass is 9.87. The molecule has 84 valence electrons. The fourth-order valence-corrected chi connectivity index (χ4v) is 2.57. The van der Waals surface area contributed by atoms with Gasteiger partial charge in [-0.1, -0.05) is 13.8 Å². The minimum Gasteiger partial charge on any atom is -0.486 e. The summed E-state index contributed by atoms with van der Waals surface area (Å²) < 4.78 is 11.8. The highest BCUT2D eigenvalue weighted by molar-refractivity contribution is 7.08. The summed E-state index contributed by atoms with van der Waals surface area (Å²) in [6.45, 7) is 8.74. The third-order valence-electron chi connectivity index (χ3n) is 3.53. The van der Waals surface area contributed by atoms with Gasteiger partial charge in [-0.25, -0.2) is 0 Å². The Kier molecular flexibility index (Phi) is 2.91. The zero-order chi connectivity index (χ0) is 11.0. The fourth-order valence-electron chi connectivity index (χ4n) is 1.92. The van der Waals surface area contributed by atoms with Crippen molar-refractivity contribution in [3.05, 3.63) is 10.8 Å². The van der Waals surface area contributed by atoms with E-state index in [1.807, 2.05) is 10.8 Å². The van der Waals surface area contributed by atoms with Crippen LogP contribution in [0.25, 0.3) is 0 Å². The Balaban J connectivity index is 2.29. The molecule has 2 heterocycles. The number of ether oxygens (including phenoxy) is 2. The van der Waals surface area contributed by atoms with Gasteiger partial charge in [0.05, 0.1) is 12.2 Å². The standard InChI is InChI=1S/C12H18O2S/c1-7-8(2)10(4)14-12-6-15-5-11(12)13-9(7)3/h5-10H,1-4H3. The van der Waals surface area contributed by atoms with Crippen LogP contribution in [0.3, 0.4) is 0 Å². The van der Waals surface area contributed by atoms with Gasteiger partial charge in [-0.15, -0.1) is 11.3 Å². The minimum absolute atomic E-state index is 0.250. The van der Waals surface area contributed by atoms with Crippen molar-refractivity contribution in [2.75, 3.05) is 0 Å². The van der Waals surface area contributed by atoms with E-state index in [2.05, 4.69) is 27.7 Å². The van der Waals surface area contributed by atoms with Crippen LogP contribution in [0, 0.1) is 11.8 Å². The Bertz CT molecular complexity index is 304. The molecule has 0 aromatic carbocycles. The first-order valence-corrected chi connectivity index (χ1v) is 6.43. The number of rotatable bonds is 0. The monoisotopic (exact) mass is 226 g/mol. The Morgan fingerprint density at radius 3 is 1.67 bits per heavy atom. The van der Waals surface area contributed by atoms with Gasteiger partial charge in [0.25, 0.3) is 0 Å². The first-order chi connectivity index (χ1) is 7.09. The molecule has 0 radical (unpaired) electrons. The molecule has 0 fully saturated rings. The third kappa shape index (κ3) is 1.98. The zero-order valence-corrected chi connectivity index (χ0v) is 10.5. The topological polar surface area (TPSA) is 18.5 Å². The maximum absolute atomic E-state index is 5.89. The summed E-state index contributed by atoms with van der Waals surface area (Å²) in [7, 11) is 0. The number of hydrogen-bond donors (Lipinski definition) is 0. The Morgan fingerprint density at radius 1 is 0.867 bits per heavy atom. The van der Waals surface area contributed by atoms with E-state index >= 15 is 0 Å². The highest BCUT2D eigenvalue weighted by Crippen LogP contribution is 2.38. The predicted molar refractivity (Wildman–Crippen MR) is 62.8 cm³/mol. The number of hydrogen-bond acceptors (Lipinski definition) is 3. The summed E-state index contributed by atoms with van der Waals surface area (Å²) in [5, 5.41) is 4.03. The summed E-state index contributed by atoms with van der Waals surface area (Å²) in [6.07, 6.45) is 0.499. The van der Waals surface area contributed by atoms with E-state index in [0.717, 1.165) is 11.5 Å². The van der Waals surface area contributed by atoms with Crippen molar-refractivity contribution >= 4 is 11.3 Å². The maximum atomic E-state index is 5.89. The second kappa shape index (κ2) is 4.05. The van der Waals surface area contributed by atoms with Crippen molar-refractivity contribution in [1.82, 2.24) is 0 Å². The van der Waals surface area contributed by atoms with Gasteiger partial charge in [-0.05, 0) is 25.7 Å². The molecule has 0 aliphatic carbocycles. The lowest BCUT2D eigenvalue weighted by molar-refractivity contribution is 0.0403. The van der Waals surface area contributed by atoms with Gasteiger partial charge in [0.2, 0.25) is 0 Å². The minimum atomic E-state index is 0.250. The van der Waals surface area contributed by atoms with E-state index in [1.165, 1.54) is 0 Å². The SMILES string of the molecule is CC1Oc2cscc2OC(C)C(C)C1C. The summed E-state index contributed by atoms with van der Waals surface area (Å²) in [5.41, 5.74) is 0. The number of thiophene rings is 1. The molecule has 1 aliphatic heterocycles. The summed E-state index contributed by atoms with van der Waals surface area (Å²) in [5.74, 6) is 2.82. The molecule has 1 aromatic rings. The van der Waals surface area contributed by atoms with Gasteiger partial charge in [-0.2, -0.15) is 0 Å². The van der Waals surface area contributed by atoms with Crippen LogP contribution in [0.2, 0.25) is 0 Å². The molecule has 4 unspecified atom stereocenters. The van der Waals surface area contributed by atoms with E-state index in [1.54, 1.807) is 11.3 Å². The van der Waals surface area contributed by atoms with Crippen LogP contribution >= 0.6 is 11.3 Å². The molecule has 1 aliphatic rings. The van der Waals surface area contributed by atoms with Crippen LogP contribution in [0.15, 0.2) is 10.8 Å². The van der Waals surface area contributed by atoms with E-state index in [4.69, 9.17) is 9.47 Å². The molecule has 0 bridgehead atoms. The Labute approximate surface area is 95.2 Å². The molecule has 3 heteroatoms. The number of fused-ring (bicyclic) bond motifs is 1. The molecule has 4 atom stereocenters. The average molecular weight is 226 g/mol. The van der Waals surface area contributed by atoms with E-state index in [9.17, 15) is 0 Å². The van der Waals surface area contributed by atoms with Gasteiger partial charge >= 0.3 is 0 Å². The van der Waals surface area contributed by atoms with Crippen LogP contribution in [-0.4, -0.2) is 12.2 Å². The molecular formula is C12H18O2S. The summed E-state index contributed by atoms with van der Waals surface area (Å²) in [4.78, 5) is 0. The van der Waals surface area contributed by atoms with Crippen molar-refractivity contribution in [3.8, 4) is 11.5 Å². The fraction of sp³-hybridized carbons (Fsp3) is 0.667. The molecule has 0 spiro atoms. The molecule has 2 rings (SSSR count). The summed E-state index contributed by atoms with van der Waals surface area (Å²) in [6, 6.07) is 0. The van der Waals surface area contributed by atoms with Gasteiger partial charge in [0, 0.05) is 10.8 Å². The smallest absolute Gasteiger partial charge is 0.172 e. The van der Waals surface area contributed by atoms with Crippen LogP contribution in [0.5, 0.6) is 11.5 Å². The van der Waals surface area contributed by atoms with Crippen LogP contribution in [0.1, 0.15) is 27.7 Å². The quantitative estimate of drug-likeness (QED) is 0.673. The first-order valence-electron chi connectivity index (χ1n) is 5.49. The van der Waals surface area contributed by atoms with Gasteiger partial charge < -0.3 is 9.47 Å². The molecule has 15 heavy (non-hydrogen) atoms. The highest BCUT2D eigenvalue weighted by atomic mass is 32.1. The van der Waals surface area contributed by atoms with E-state index < -0.39 is 0 Å². The van der Waals surface area contributed by atoms with E-state index in [-0.39, 0.29) is 12.2 Å². The second-order valence-electron chi connectivity index (χ2n) is 4.46. The van der Waals surface area contributed by atoms with E-state index in [0.29, 0.717) is 11.8 Å². The van der Waals surface area contributed by atoms with Gasteiger partial charge in [0.15, 0.2) is 11.5 Å². The molecule has 2 nitrogen and oxygen atoms in total. The molecular weight excluding hydrogens is 208 g/mol. The molecule has 0 saturated carbocycles. The van der Waals surface area contributed by atoms with Crippen molar-refractivity contribution in [2.45, 2.75) is 39.9 Å². The van der Waals surface area contributed by atoms with Crippen molar-refractivity contribution in [2.24, 2.45) is 11.8 Å². The predicted octanol–water partition coefficient (Wildman–Crippen LogP) is 3.57. The molecule has 0 N–H and O–H groups in total. The first kappa shape index (κ1) is 10.8. The van der Waals surface area contributed by atoms with Gasteiger partial charge in [-0.3, -0.25) is 0 Å². The van der Waals surface area contributed by atoms with Crippen molar-refractivity contribution in [1.29, 1.82) is 0 Å². The average Bonchev–Trinajstić information content (AvgIpc) is 2.62. The lowest BCUT2D eigenvalue weighted by Crippen LogP contribution is -2.36. The Hall–Kier alpha value is -0.700. The van der Waals surface area contributed by atoms with Crippen LogP contribution < -0.4 is 9.47 Å². The lowest BCUT2D eigenvalue weighted by Gasteiger charge is -2.33. The third-order valence-corrected chi connectivity index (χ3v) is 4.23. The molecule has 1 aromatic heterocycles. The maximum Gasteiger partial charge on any atom is 0.172 e. The van der Waals surface area contributed by atoms with Crippen LogP contribution in [-0.2, 0) is 0 Å². The van der Waals surface area contributed by atoms with Crippen molar-refractivity contribution < 1.29 is 9.47 Å². The summed E-state index contributed by atoms with van der Waals surface area (Å²) >= 11 is 1.63. The van der Waals surface area contributed by atoms with Crippen molar-refractivity contribution in [3.63, 3.8) is 0 Å². The second-order valence-corrected chi connectivity index (χ2v) is 5.21. The largest absolute Gasteiger partial charge is 0.486 e. The zero-order valence-electron chi connectivity index (χ0n) is 9.69. The molecule has 0 saturated heterocycles. The molecule has 0 amide bonds. The van der Waals surface area contributed by atoms with Gasteiger partial charge in [0.1, 0.15) is 0 Å². The Morgan fingerprint density at radius 2 is 1.27 bits per heavy atom.